The lowest BCUT2D eigenvalue weighted by atomic mass is 10.2. The molecule has 0 bridgehead atoms. The summed E-state index contributed by atoms with van der Waals surface area (Å²) < 4.78 is 16.4. The molecule has 6 nitrogen and oxygen atoms in total. The normalized spacial score (nSPS) is 14.0. The average molecular weight is 390 g/mol. The number of nitrogens with one attached hydrogen (secondary N) is 1. The summed E-state index contributed by atoms with van der Waals surface area (Å²) in [6.07, 6.45) is -0.255. The third-order valence-corrected chi connectivity index (χ3v) is 4.29. The summed E-state index contributed by atoms with van der Waals surface area (Å²) >= 11 is 6.19. The first kappa shape index (κ1) is 19.0. The van der Waals surface area contributed by atoms with E-state index in [9.17, 15) is 9.59 Å². The Labute approximate surface area is 162 Å². The van der Waals surface area contributed by atoms with Crippen molar-refractivity contribution in [1.29, 1.82) is 0 Å². The number of carbonyl (C=O) groups excluding carboxylic acids is 2. The van der Waals surface area contributed by atoms with Gasteiger partial charge in [-0.3, -0.25) is 4.79 Å². The highest BCUT2D eigenvalue weighted by Crippen LogP contribution is 2.38. The second-order valence-electron chi connectivity index (χ2n) is 6.24. The predicted octanol–water partition coefficient (Wildman–Crippen LogP) is 3.99. The van der Waals surface area contributed by atoms with Crippen LogP contribution in [0.2, 0.25) is 5.02 Å². The van der Waals surface area contributed by atoms with E-state index in [2.05, 4.69) is 5.32 Å². The number of anilines is 1. The number of benzene rings is 2. The molecular formula is C20H20ClNO5. The summed E-state index contributed by atoms with van der Waals surface area (Å²) in [5.74, 6) is -0.286. The molecule has 1 atom stereocenters. The van der Waals surface area contributed by atoms with Crippen molar-refractivity contribution in [2.75, 3.05) is 18.5 Å². The van der Waals surface area contributed by atoms with Crippen LogP contribution < -0.4 is 14.8 Å². The molecule has 0 fully saturated rings. The van der Waals surface area contributed by atoms with E-state index in [1.165, 1.54) is 19.1 Å². The third kappa shape index (κ3) is 4.71. The number of halogens is 1. The molecule has 142 valence electrons. The molecule has 2 aromatic carbocycles. The topological polar surface area (TPSA) is 73.9 Å². The Hall–Kier alpha value is -2.73. The van der Waals surface area contributed by atoms with Crippen molar-refractivity contribution in [1.82, 2.24) is 0 Å². The van der Waals surface area contributed by atoms with Gasteiger partial charge < -0.3 is 19.5 Å². The maximum absolute atomic E-state index is 12.4. The van der Waals surface area contributed by atoms with Gasteiger partial charge in [0.15, 0.2) is 17.6 Å². The minimum atomic E-state index is -0.978. The largest absolute Gasteiger partial charge is 0.489 e. The zero-order valence-electron chi connectivity index (χ0n) is 15.1. The van der Waals surface area contributed by atoms with Crippen LogP contribution in [-0.2, 0) is 9.53 Å². The van der Waals surface area contributed by atoms with Crippen LogP contribution in [0.25, 0.3) is 0 Å². The molecule has 1 heterocycles. The summed E-state index contributed by atoms with van der Waals surface area (Å²) in [7, 11) is 0. The van der Waals surface area contributed by atoms with Gasteiger partial charge in [0.25, 0.3) is 5.91 Å². The van der Waals surface area contributed by atoms with Gasteiger partial charge in [0.2, 0.25) is 0 Å². The quantitative estimate of drug-likeness (QED) is 0.800. The molecule has 1 N–H and O–H groups in total. The smallest absolute Gasteiger partial charge is 0.339 e. The molecule has 0 spiro atoms. The summed E-state index contributed by atoms with van der Waals surface area (Å²) in [6, 6.07) is 10.3. The van der Waals surface area contributed by atoms with Gasteiger partial charge in [-0.1, -0.05) is 29.3 Å². The number of ether oxygens (including phenoxy) is 3. The lowest BCUT2D eigenvalue weighted by Crippen LogP contribution is -2.30. The van der Waals surface area contributed by atoms with Gasteiger partial charge in [0.1, 0.15) is 0 Å². The Morgan fingerprint density at radius 3 is 2.59 bits per heavy atom. The minimum Gasteiger partial charge on any atom is -0.489 e. The lowest BCUT2D eigenvalue weighted by molar-refractivity contribution is -0.123. The Kier molecular flexibility index (Phi) is 5.86. The zero-order valence-corrected chi connectivity index (χ0v) is 15.8. The fourth-order valence-electron chi connectivity index (χ4n) is 2.51. The van der Waals surface area contributed by atoms with Gasteiger partial charge in [-0.05, 0) is 38.1 Å². The number of esters is 1. The Balaban J connectivity index is 1.67. The molecule has 0 saturated heterocycles. The highest BCUT2D eigenvalue weighted by Gasteiger charge is 2.23. The van der Waals surface area contributed by atoms with E-state index in [4.69, 9.17) is 25.8 Å². The van der Waals surface area contributed by atoms with Gasteiger partial charge in [-0.15, -0.1) is 0 Å². The number of hydrogen-bond donors (Lipinski definition) is 1. The summed E-state index contributed by atoms with van der Waals surface area (Å²) in [6.45, 7) is 4.42. The zero-order chi connectivity index (χ0) is 19.4. The second-order valence-corrected chi connectivity index (χ2v) is 6.65. The molecule has 0 aromatic heterocycles. The molecule has 1 aliphatic rings. The number of amides is 1. The second kappa shape index (κ2) is 8.31. The maximum atomic E-state index is 12.4. The molecular weight excluding hydrogens is 370 g/mol. The van der Waals surface area contributed by atoms with Gasteiger partial charge in [-0.2, -0.15) is 0 Å². The fraction of sp³-hybridized carbons (Fsp3) is 0.300. The van der Waals surface area contributed by atoms with Gasteiger partial charge in [0, 0.05) is 12.1 Å². The minimum absolute atomic E-state index is 0.194. The molecule has 0 aliphatic carbocycles. The van der Waals surface area contributed by atoms with E-state index in [-0.39, 0.29) is 10.6 Å². The molecule has 27 heavy (non-hydrogen) atoms. The first-order chi connectivity index (χ1) is 12.9. The molecule has 2 aromatic rings. The van der Waals surface area contributed by atoms with E-state index >= 15 is 0 Å². The van der Waals surface area contributed by atoms with Crippen molar-refractivity contribution in [3.63, 3.8) is 0 Å². The van der Waals surface area contributed by atoms with Crippen LogP contribution in [0, 0.1) is 6.92 Å². The van der Waals surface area contributed by atoms with Crippen LogP contribution in [0.5, 0.6) is 11.5 Å². The van der Waals surface area contributed by atoms with Crippen LogP contribution in [-0.4, -0.2) is 31.2 Å². The number of aryl methyl sites for hydroxylation is 1. The first-order valence-electron chi connectivity index (χ1n) is 8.61. The first-order valence-corrected chi connectivity index (χ1v) is 8.99. The van der Waals surface area contributed by atoms with E-state index in [0.29, 0.717) is 30.4 Å². The van der Waals surface area contributed by atoms with E-state index in [1.54, 1.807) is 12.1 Å². The molecule has 0 saturated carbocycles. The van der Waals surface area contributed by atoms with Crippen LogP contribution in [0.1, 0.15) is 29.3 Å². The predicted molar refractivity (Wildman–Crippen MR) is 102 cm³/mol. The van der Waals surface area contributed by atoms with Crippen molar-refractivity contribution in [2.45, 2.75) is 26.4 Å². The molecule has 1 aliphatic heterocycles. The van der Waals surface area contributed by atoms with Crippen LogP contribution in [0.15, 0.2) is 36.4 Å². The fourth-order valence-corrected chi connectivity index (χ4v) is 2.78. The third-order valence-electron chi connectivity index (χ3n) is 4.01. The summed E-state index contributed by atoms with van der Waals surface area (Å²) in [4.78, 5) is 24.7. The van der Waals surface area contributed by atoms with Gasteiger partial charge in [-0.25, -0.2) is 4.79 Å². The van der Waals surface area contributed by atoms with Crippen molar-refractivity contribution < 1.29 is 23.8 Å². The van der Waals surface area contributed by atoms with Crippen molar-refractivity contribution >= 4 is 29.2 Å². The van der Waals surface area contributed by atoms with Crippen molar-refractivity contribution in [2.24, 2.45) is 0 Å². The number of rotatable bonds is 4. The molecule has 3 rings (SSSR count). The standard InChI is InChI=1S/C20H20ClNO5/c1-12-4-6-15(7-5-12)22-19(23)13(2)27-20(24)14-10-16(21)18-17(11-14)25-8-3-9-26-18/h4-7,10-11,13H,3,8-9H2,1-2H3,(H,22,23)/t13-/m0/s1. The van der Waals surface area contributed by atoms with E-state index < -0.39 is 18.0 Å². The molecule has 0 radical (unpaired) electrons. The van der Waals surface area contributed by atoms with E-state index in [1.807, 2.05) is 19.1 Å². The highest BCUT2D eigenvalue weighted by atomic mass is 35.5. The summed E-state index contributed by atoms with van der Waals surface area (Å²) in [5, 5.41) is 2.97. The Morgan fingerprint density at radius 2 is 1.85 bits per heavy atom. The molecule has 7 heteroatoms. The van der Waals surface area contributed by atoms with Gasteiger partial charge in [0.05, 0.1) is 23.8 Å². The maximum Gasteiger partial charge on any atom is 0.339 e. The van der Waals surface area contributed by atoms with E-state index in [0.717, 1.165) is 12.0 Å². The molecule has 1 amide bonds. The SMILES string of the molecule is Cc1ccc(NC(=O)[C@H](C)OC(=O)c2cc(Cl)c3c(c2)OCCCO3)cc1. The van der Waals surface area contributed by atoms with Crippen LogP contribution >= 0.6 is 11.6 Å². The monoisotopic (exact) mass is 389 g/mol. The van der Waals surface area contributed by atoms with Crippen molar-refractivity contribution in [3.05, 3.63) is 52.5 Å². The highest BCUT2D eigenvalue weighted by molar-refractivity contribution is 6.32. The number of fused-ring (bicyclic) bond motifs is 1. The summed E-state index contributed by atoms with van der Waals surface area (Å²) in [5.41, 5.74) is 1.91. The van der Waals surface area contributed by atoms with Crippen LogP contribution in [0.4, 0.5) is 5.69 Å². The number of carbonyl (C=O) groups is 2. The Bertz CT molecular complexity index is 850. The average Bonchev–Trinajstić information content (AvgIpc) is 2.89. The molecule has 0 unspecified atom stereocenters. The number of hydrogen-bond acceptors (Lipinski definition) is 5. The van der Waals surface area contributed by atoms with Crippen LogP contribution in [0.3, 0.4) is 0 Å². The van der Waals surface area contributed by atoms with Crippen molar-refractivity contribution in [3.8, 4) is 11.5 Å². The van der Waals surface area contributed by atoms with Gasteiger partial charge >= 0.3 is 5.97 Å². The lowest BCUT2D eigenvalue weighted by Gasteiger charge is -2.15. The Morgan fingerprint density at radius 1 is 1.15 bits per heavy atom.